The van der Waals surface area contributed by atoms with Crippen molar-refractivity contribution in [2.45, 2.75) is 25.8 Å². The van der Waals surface area contributed by atoms with Gasteiger partial charge in [-0.1, -0.05) is 6.07 Å². The standard InChI is InChI=1S/C11H15F2NO2/c1-3-16-9-6-7(4-5-8(9)15)11(2,14)10(12)13/h4-6,10,15H,3,14H2,1-2H3. The van der Waals surface area contributed by atoms with Gasteiger partial charge in [0.2, 0.25) is 0 Å². The van der Waals surface area contributed by atoms with Crippen molar-refractivity contribution >= 4 is 0 Å². The molecule has 1 aromatic rings. The lowest BCUT2D eigenvalue weighted by Gasteiger charge is -2.24. The highest BCUT2D eigenvalue weighted by molar-refractivity contribution is 5.44. The summed E-state index contributed by atoms with van der Waals surface area (Å²) in [5.74, 6) is 0.0768. The number of ether oxygens (including phenoxy) is 1. The molecule has 0 aromatic heterocycles. The van der Waals surface area contributed by atoms with Crippen LogP contribution >= 0.6 is 0 Å². The fraction of sp³-hybridized carbons (Fsp3) is 0.455. The van der Waals surface area contributed by atoms with Gasteiger partial charge in [0, 0.05) is 0 Å². The molecule has 3 nitrogen and oxygen atoms in total. The fourth-order valence-electron chi connectivity index (χ4n) is 1.25. The zero-order chi connectivity index (χ0) is 12.3. The van der Waals surface area contributed by atoms with Gasteiger partial charge < -0.3 is 15.6 Å². The van der Waals surface area contributed by atoms with Crippen molar-refractivity contribution in [3.05, 3.63) is 23.8 Å². The minimum Gasteiger partial charge on any atom is -0.504 e. The van der Waals surface area contributed by atoms with E-state index in [0.29, 0.717) is 6.61 Å². The van der Waals surface area contributed by atoms with Gasteiger partial charge in [0.1, 0.15) is 0 Å². The minimum atomic E-state index is -2.69. The van der Waals surface area contributed by atoms with Crippen molar-refractivity contribution in [3.8, 4) is 11.5 Å². The van der Waals surface area contributed by atoms with Crippen LogP contribution in [0.4, 0.5) is 8.78 Å². The van der Waals surface area contributed by atoms with Crippen LogP contribution in [0, 0.1) is 0 Å². The zero-order valence-corrected chi connectivity index (χ0v) is 9.21. The maximum atomic E-state index is 12.7. The van der Waals surface area contributed by atoms with Crippen LogP contribution in [0.1, 0.15) is 19.4 Å². The van der Waals surface area contributed by atoms with Crippen molar-refractivity contribution in [3.63, 3.8) is 0 Å². The Morgan fingerprint density at radius 1 is 1.50 bits per heavy atom. The van der Waals surface area contributed by atoms with Crippen molar-refractivity contribution in [1.82, 2.24) is 0 Å². The third-order valence-electron chi connectivity index (χ3n) is 2.33. The predicted molar refractivity (Wildman–Crippen MR) is 56.8 cm³/mol. The number of phenols is 1. The molecule has 0 aliphatic rings. The molecular formula is C11H15F2NO2. The highest BCUT2D eigenvalue weighted by Crippen LogP contribution is 2.33. The molecule has 1 aromatic carbocycles. The summed E-state index contributed by atoms with van der Waals surface area (Å²) in [5, 5.41) is 9.42. The molecule has 0 bridgehead atoms. The molecule has 0 saturated carbocycles. The summed E-state index contributed by atoms with van der Waals surface area (Å²) in [7, 11) is 0. The highest BCUT2D eigenvalue weighted by Gasteiger charge is 2.32. The Bertz CT molecular complexity index is 367. The van der Waals surface area contributed by atoms with E-state index >= 15 is 0 Å². The van der Waals surface area contributed by atoms with Crippen LogP contribution < -0.4 is 10.5 Å². The second-order valence-electron chi connectivity index (χ2n) is 3.70. The molecule has 1 unspecified atom stereocenters. The normalized spacial score (nSPS) is 14.9. The van der Waals surface area contributed by atoms with E-state index in [4.69, 9.17) is 10.5 Å². The van der Waals surface area contributed by atoms with Crippen LogP contribution in [0.25, 0.3) is 0 Å². The number of aromatic hydroxyl groups is 1. The van der Waals surface area contributed by atoms with Crippen LogP contribution in [0.2, 0.25) is 0 Å². The van der Waals surface area contributed by atoms with E-state index in [1.54, 1.807) is 6.92 Å². The van der Waals surface area contributed by atoms with Gasteiger partial charge in [0.25, 0.3) is 6.43 Å². The molecule has 0 heterocycles. The SMILES string of the molecule is CCOc1cc(C(C)(N)C(F)F)ccc1O. The maximum Gasteiger partial charge on any atom is 0.260 e. The van der Waals surface area contributed by atoms with E-state index in [1.807, 2.05) is 0 Å². The van der Waals surface area contributed by atoms with E-state index < -0.39 is 12.0 Å². The summed E-state index contributed by atoms with van der Waals surface area (Å²) >= 11 is 0. The molecule has 16 heavy (non-hydrogen) atoms. The lowest BCUT2D eigenvalue weighted by atomic mass is 9.93. The summed E-state index contributed by atoms with van der Waals surface area (Å²) < 4.78 is 30.5. The Hall–Kier alpha value is -1.36. The first-order chi connectivity index (χ1) is 7.39. The molecule has 0 fully saturated rings. The van der Waals surface area contributed by atoms with Gasteiger partial charge in [-0.2, -0.15) is 0 Å². The molecule has 1 atom stereocenters. The number of hydrogen-bond acceptors (Lipinski definition) is 3. The minimum absolute atomic E-state index is 0.0873. The number of phenolic OH excluding ortho intramolecular Hbond substituents is 1. The predicted octanol–water partition coefficient (Wildman–Crippen LogP) is 2.23. The van der Waals surface area contributed by atoms with Crippen LogP contribution in [0.3, 0.4) is 0 Å². The number of alkyl halides is 2. The van der Waals surface area contributed by atoms with Gasteiger partial charge in [-0.25, -0.2) is 8.78 Å². The van der Waals surface area contributed by atoms with Gasteiger partial charge in [0.05, 0.1) is 12.1 Å². The number of halogens is 2. The summed E-state index contributed by atoms with van der Waals surface area (Å²) in [6, 6.07) is 4.00. The molecule has 1 rings (SSSR count). The molecule has 5 heteroatoms. The molecular weight excluding hydrogens is 216 g/mol. The summed E-state index contributed by atoms with van der Waals surface area (Å²) in [4.78, 5) is 0. The number of hydrogen-bond donors (Lipinski definition) is 2. The molecule has 0 radical (unpaired) electrons. The first kappa shape index (κ1) is 12.7. The van der Waals surface area contributed by atoms with Crippen molar-refractivity contribution < 1.29 is 18.6 Å². The molecule has 0 aliphatic carbocycles. The molecule has 90 valence electrons. The van der Waals surface area contributed by atoms with E-state index in [1.165, 1.54) is 25.1 Å². The van der Waals surface area contributed by atoms with Gasteiger partial charge in [-0.3, -0.25) is 0 Å². The average molecular weight is 231 g/mol. The third-order valence-corrected chi connectivity index (χ3v) is 2.33. The Balaban J connectivity index is 3.12. The van der Waals surface area contributed by atoms with Gasteiger partial charge in [-0.05, 0) is 31.5 Å². The Labute approximate surface area is 92.8 Å². The molecule has 3 N–H and O–H groups in total. The Morgan fingerprint density at radius 2 is 2.12 bits per heavy atom. The van der Waals surface area contributed by atoms with Crippen LogP contribution in [-0.4, -0.2) is 18.1 Å². The highest BCUT2D eigenvalue weighted by atomic mass is 19.3. The summed E-state index contributed by atoms with van der Waals surface area (Å²) in [6.07, 6.45) is -2.69. The summed E-state index contributed by atoms with van der Waals surface area (Å²) in [6.45, 7) is 3.31. The second kappa shape index (κ2) is 4.65. The lowest BCUT2D eigenvalue weighted by molar-refractivity contribution is 0.0623. The van der Waals surface area contributed by atoms with E-state index in [0.717, 1.165) is 0 Å². The topological polar surface area (TPSA) is 55.5 Å². The van der Waals surface area contributed by atoms with Gasteiger partial charge >= 0.3 is 0 Å². The first-order valence-corrected chi connectivity index (χ1v) is 4.93. The van der Waals surface area contributed by atoms with Crippen molar-refractivity contribution in [2.75, 3.05) is 6.61 Å². The van der Waals surface area contributed by atoms with E-state index in [9.17, 15) is 13.9 Å². The van der Waals surface area contributed by atoms with Crippen molar-refractivity contribution in [2.24, 2.45) is 5.73 Å². The quantitative estimate of drug-likeness (QED) is 0.835. The van der Waals surface area contributed by atoms with Crippen LogP contribution in [0.5, 0.6) is 11.5 Å². The first-order valence-electron chi connectivity index (χ1n) is 4.93. The van der Waals surface area contributed by atoms with Gasteiger partial charge in [0.15, 0.2) is 11.5 Å². The number of nitrogens with two attached hydrogens (primary N) is 1. The number of rotatable bonds is 4. The molecule has 0 spiro atoms. The Kier molecular flexibility index (Phi) is 3.70. The number of benzene rings is 1. The van der Waals surface area contributed by atoms with Crippen molar-refractivity contribution in [1.29, 1.82) is 0 Å². The fourth-order valence-corrected chi connectivity index (χ4v) is 1.25. The molecule has 0 amide bonds. The van der Waals surface area contributed by atoms with Gasteiger partial charge in [-0.15, -0.1) is 0 Å². The zero-order valence-electron chi connectivity index (χ0n) is 9.21. The maximum absolute atomic E-state index is 12.7. The van der Waals surface area contributed by atoms with Crippen LogP contribution in [0.15, 0.2) is 18.2 Å². The molecule has 0 saturated heterocycles. The van der Waals surface area contributed by atoms with E-state index in [2.05, 4.69) is 0 Å². The third kappa shape index (κ3) is 2.41. The molecule has 0 aliphatic heterocycles. The Morgan fingerprint density at radius 3 is 2.62 bits per heavy atom. The lowest BCUT2D eigenvalue weighted by Crippen LogP contribution is -2.40. The van der Waals surface area contributed by atoms with E-state index in [-0.39, 0.29) is 17.1 Å². The average Bonchev–Trinajstić information content (AvgIpc) is 2.21. The van der Waals surface area contributed by atoms with Crippen LogP contribution in [-0.2, 0) is 5.54 Å². The monoisotopic (exact) mass is 231 g/mol. The smallest absolute Gasteiger partial charge is 0.260 e. The largest absolute Gasteiger partial charge is 0.504 e. The second-order valence-corrected chi connectivity index (χ2v) is 3.70. The summed E-state index contributed by atoms with van der Waals surface area (Å²) in [5.41, 5.74) is 3.98.